The number of hydrogen-bond acceptors (Lipinski definition) is 2. The second-order valence-electron chi connectivity index (χ2n) is 11.9. The van der Waals surface area contributed by atoms with Gasteiger partial charge in [-0.3, -0.25) is 9.59 Å². The normalized spacial score (nSPS) is 13.1. The van der Waals surface area contributed by atoms with Crippen LogP contribution in [0.15, 0.2) is 146 Å². The van der Waals surface area contributed by atoms with Crippen LogP contribution >= 0.6 is 0 Å². The Morgan fingerprint density at radius 1 is 0.326 bits per heavy atom. The van der Waals surface area contributed by atoms with E-state index < -0.39 is 0 Å². The van der Waals surface area contributed by atoms with Crippen molar-refractivity contribution in [3.8, 4) is 44.5 Å². The van der Waals surface area contributed by atoms with E-state index in [9.17, 15) is 9.59 Å². The Labute approximate surface area is 266 Å². The summed E-state index contributed by atoms with van der Waals surface area (Å²) in [6.07, 6.45) is 7.21. The number of carbonyl (C=O) groups excluding carboxylic acids is 2. The molecule has 0 spiro atoms. The third kappa shape index (κ3) is 3.97. The van der Waals surface area contributed by atoms with Gasteiger partial charge in [-0.25, -0.2) is 0 Å². The lowest BCUT2D eigenvalue weighted by Crippen LogP contribution is -2.06. The summed E-state index contributed by atoms with van der Waals surface area (Å²) in [6, 6.07) is 45.9. The van der Waals surface area contributed by atoms with Crippen LogP contribution in [0.5, 0.6) is 0 Å². The van der Waals surface area contributed by atoms with Crippen molar-refractivity contribution in [1.29, 1.82) is 0 Å². The molecule has 7 aromatic carbocycles. The van der Waals surface area contributed by atoms with E-state index in [0.717, 1.165) is 88.3 Å². The largest absolute Gasteiger partial charge is 0.289 e. The summed E-state index contributed by atoms with van der Waals surface area (Å²) in [6.45, 7) is 0. The molecule has 214 valence electrons. The zero-order valence-corrected chi connectivity index (χ0v) is 24.8. The smallest absolute Gasteiger partial charge is 0.187 e. The molecule has 0 saturated heterocycles. The maximum absolute atomic E-state index is 13.7. The molecule has 46 heavy (non-hydrogen) atoms. The first-order chi connectivity index (χ1) is 22.7. The molecular weight excluding hydrogens is 560 g/mol. The van der Waals surface area contributed by atoms with E-state index in [1.54, 1.807) is 12.2 Å². The molecule has 0 N–H and O–H groups in total. The van der Waals surface area contributed by atoms with Crippen LogP contribution in [0, 0.1) is 0 Å². The van der Waals surface area contributed by atoms with E-state index in [4.69, 9.17) is 0 Å². The molecule has 0 fully saturated rings. The molecule has 9 rings (SSSR count). The minimum Gasteiger partial charge on any atom is -0.289 e. The van der Waals surface area contributed by atoms with Gasteiger partial charge in [0.1, 0.15) is 0 Å². The van der Waals surface area contributed by atoms with E-state index in [1.807, 2.05) is 60.7 Å². The number of hydrogen-bond donors (Lipinski definition) is 0. The molecule has 0 aromatic heterocycles. The van der Waals surface area contributed by atoms with Crippen LogP contribution in [-0.4, -0.2) is 11.6 Å². The van der Waals surface area contributed by atoms with Gasteiger partial charge in [-0.1, -0.05) is 133 Å². The van der Waals surface area contributed by atoms with Crippen molar-refractivity contribution < 1.29 is 9.59 Å². The molecule has 0 radical (unpaired) electrons. The fraction of sp³-hybridized carbons (Fsp3) is 0. The van der Waals surface area contributed by atoms with Crippen molar-refractivity contribution in [2.24, 2.45) is 0 Å². The van der Waals surface area contributed by atoms with E-state index in [2.05, 4.69) is 84.9 Å². The Morgan fingerprint density at radius 3 is 1.20 bits per heavy atom. The van der Waals surface area contributed by atoms with Crippen molar-refractivity contribution in [3.05, 3.63) is 168 Å². The first-order valence-electron chi connectivity index (χ1n) is 15.5. The predicted octanol–water partition coefficient (Wildman–Crippen LogP) is 11.1. The predicted molar refractivity (Wildman–Crippen MR) is 190 cm³/mol. The van der Waals surface area contributed by atoms with Gasteiger partial charge in [-0.15, -0.1) is 0 Å². The molecular formula is C44H26O2. The van der Waals surface area contributed by atoms with E-state index in [1.165, 1.54) is 0 Å². The highest BCUT2D eigenvalue weighted by Crippen LogP contribution is 2.47. The molecule has 0 saturated carbocycles. The highest BCUT2D eigenvalue weighted by atomic mass is 16.1. The summed E-state index contributed by atoms with van der Waals surface area (Å²) in [5.41, 5.74) is 11.4. The first kappa shape index (κ1) is 26.3. The zero-order valence-electron chi connectivity index (χ0n) is 24.8. The molecule has 0 heterocycles. The van der Waals surface area contributed by atoms with Gasteiger partial charge in [0, 0.05) is 21.9 Å². The van der Waals surface area contributed by atoms with Crippen LogP contribution in [0.25, 0.3) is 78.2 Å². The monoisotopic (exact) mass is 586 g/mol. The number of carbonyl (C=O) groups is 2. The van der Waals surface area contributed by atoms with E-state index >= 15 is 0 Å². The third-order valence-corrected chi connectivity index (χ3v) is 9.38. The van der Waals surface area contributed by atoms with E-state index in [0.29, 0.717) is 0 Å². The van der Waals surface area contributed by atoms with Crippen molar-refractivity contribution in [2.45, 2.75) is 0 Å². The van der Waals surface area contributed by atoms with Crippen LogP contribution in [0.1, 0.15) is 31.8 Å². The van der Waals surface area contributed by atoms with Gasteiger partial charge in [0.15, 0.2) is 11.6 Å². The Balaban J connectivity index is 1.42. The average Bonchev–Trinajstić information content (AvgIpc) is 3.11. The summed E-state index contributed by atoms with van der Waals surface area (Å²) in [5, 5.41) is 4.07. The van der Waals surface area contributed by atoms with Gasteiger partial charge in [0.05, 0.1) is 0 Å². The molecule has 2 heteroatoms. The Kier molecular flexibility index (Phi) is 5.84. The van der Waals surface area contributed by atoms with Crippen molar-refractivity contribution in [3.63, 3.8) is 0 Å². The van der Waals surface area contributed by atoms with Crippen LogP contribution in [0.3, 0.4) is 0 Å². The van der Waals surface area contributed by atoms with Gasteiger partial charge in [-0.2, -0.15) is 0 Å². The molecule has 0 aliphatic heterocycles. The quantitative estimate of drug-likeness (QED) is 0.206. The van der Waals surface area contributed by atoms with Gasteiger partial charge in [0.2, 0.25) is 0 Å². The van der Waals surface area contributed by atoms with Crippen LogP contribution < -0.4 is 0 Å². The first-order valence-corrected chi connectivity index (χ1v) is 15.5. The lowest BCUT2D eigenvalue weighted by Gasteiger charge is -2.23. The number of allylic oxidation sites excluding steroid dienone is 2. The maximum atomic E-state index is 13.7. The lowest BCUT2D eigenvalue weighted by atomic mass is 9.79. The Bertz CT molecular complexity index is 2300. The summed E-state index contributed by atoms with van der Waals surface area (Å²) in [5.74, 6) is 0.0139. The Morgan fingerprint density at radius 2 is 0.761 bits per heavy atom. The van der Waals surface area contributed by atoms with Crippen molar-refractivity contribution >= 4 is 45.3 Å². The topological polar surface area (TPSA) is 34.1 Å². The minimum atomic E-state index is 0.00696. The van der Waals surface area contributed by atoms with Crippen molar-refractivity contribution in [1.82, 2.24) is 0 Å². The second kappa shape index (κ2) is 10.2. The third-order valence-electron chi connectivity index (χ3n) is 9.38. The van der Waals surface area contributed by atoms with Gasteiger partial charge in [0.25, 0.3) is 0 Å². The van der Waals surface area contributed by atoms with Gasteiger partial charge in [-0.05, 0) is 90.7 Å². The number of benzene rings is 7. The van der Waals surface area contributed by atoms with Crippen LogP contribution in [0.2, 0.25) is 0 Å². The second-order valence-corrected chi connectivity index (χ2v) is 11.9. The molecule has 7 aromatic rings. The Hall–Kier alpha value is -6.12. The summed E-state index contributed by atoms with van der Waals surface area (Å²) >= 11 is 0. The van der Waals surface area contributed by atoms with Gasteiger partial charge >= 0.3 is 0 Å². The van der Waals surface area contributed by atoms with Crippen molar-refractivity contribution in [2.75, 3.05) is 0 Å². The molecule has 0 bridgehead atoms. The molecule has 0 unspecified atom stereocenters. The SMILES string of the molecule is O=C1C=Cc2cccc3ccc(-c4cc(-c5ccccc5)c(-c5ccc6cccc7c6c5C(=O)C=C7)cc4-c4ccccc4)c1c23. The minimum absolute atomic E-state index is 0.00696. The zero-order chi connectivity index (χ0) is 30.8. The van der Waals surface area contributed by atoms with Crippen LogP contribution in [0.4, 0.5) is 0 Å². The molecule has 2 aliphatic rings. The van der Waals surface area contributed by atoms with E-state index in [-0.39, 0.29) is 11.6 Å². The molecule has 2 aliphatic carbocycles. The highest BCUT2D eigenvalue weighted by molar-refractivity contribution is 6.25. The maximum Gasteiger partial charge on any atom is 0.187 e. The lowest BCUT2D eigenvalue weighted by molar-refractivity contribution is 0.104. The molecule has 2 nitrogen and oxygen atoms in total. The average molecular weight is 587 g/mol. The number of ketones is 2. The summed E-state index contributed by atoms with van der Waals surface area (Å²) < 4.78 is 0. The summed E-state index contributed by atoms with van der Waals surface area (Å²) in [4.78, 5) is 27.4. The fourth-order valence-corrected chi connectivity index (χ4v) is 7.31. The standard InChI is InChI=1S/C44H26O2/c45-39-23-19-31-15-7-13-29-17-21-33(43(39)41(29)31)37-26-36(28-11-5-2-6-12-28)38(25-35(37)27-9-3-1-4-10-27)34-22-18-30-14-8-16-32-20-24-40(46)44(34)42(30)32/h1-26H. The fourth-order valence-electron chi connectivity index (χ4n) is 7.31. The van der Waals surface area contributed by atoms with Gasteiger partial charge < -0.3 is 0 Å². The highest BCUT2D eigenvalue weighted by Gasteiger charge is 2.26. The molecule has 0 atom stereocenters. The molecule has 0 amide bonds. The summed E-state index contributed by atoms with van der Waals surface area (Å²) in [7, 11) is 0. The van der Waals surface area contributed by atoms with Crippen LogP contribution in [-0.2, 0) is 0 Å². The number of rotatable bonds is 4.